The lowest BCUT2D eigenvalue weighted by atomic mass is 10.3. The highest BCUT2D eigenvalue weighted by molar-refractivity contribution is 7.90. The summed E-state index contributed by atoms with van der Waals surface area (Å²) in [4.78, 5) is 0. The van der Waals surface area contributed by atoms with Crippen molar-refractivity contribution >= 4 is 9.84 Å². The van der Waals surface area contributed by atoms with E-state index in [-0.39, 0.29) is 17.5 Å². The zero-order valence-corrected chi connectivity index (χ0v) is 11.5. The Bertz CT molecular complexity index is 463. The van der Waals surface area contributed by atoms with Crippen LogP contribution in [0.5, 0.6) is 0 Å². The maximum atomic E-state index is 11.9. The zero-order chi connectivity index (χ0) is 13.1. The molecule has 1 unspecified atom stereocenters. The Balaban J connectivity index is 2.90. The Morgan fingerprint density at radius 1 is 1.47 bits per heavy atom. The molecule has 1 heterocycles. The van der Waals surface area contributed by atoms with E-state index >= 15 is 0 Å². The molecule has 0 saturated heterocycles. The molecule has 0 saturated carbocycles. The van der Waals surface area contributed by atoms with Crippen molar-refractivity contribution < 1.29 is 8.42 Å². The lowest BCUT2D eigenvalue weighted by Gasteiger charge is -2.08. The first kappa shape index (κ1) is 14.2. The first-order chi connectivity index (χ1) is 7.88. The summed E-state index contributed by atoms with van der Waals surface area (Å²) in [5, 5.41) is 4.33. The Kier molecular flexibility index (Phi) is 4.70. The topological polar surface area (TPSA) is 78.0 Å². The van der Waals surface area contributed by atoms with Crippen LogP contribution in [0, 0.1) is 0 Å². The van der Waals surface area contributed by atoms with Gasteiger partial charge >= 0.3 is 0 Å². The van der Waals surface area contributed by atoms with Crippen LogP contribution in [0.2, 0.25) is 0 Å². The quantitative estimate of drug-likeness (QED) is 0.817. The second-order valence-electron chi connectivity index (χ2n) is 4.33. The standard InChI is InChI=1S/C11H21N3O2S/c1-4-10-6-11(14(5-2)13-10)8-17(15,16)7-9(3)12/h6,9H,4-5,7-8,12H2,1-3H3. The number of nitrogens with zero attached hydrogens (tertiary/aromatic N) is 2. The average Bonchev–Trinajstić information content (AvgIpc) is 2.57. The summed E-state index contributed by atoms with van der Waals surface area (Å²) in [6.07, 6.45) is 0.813. The summed E-state index contributed by atoms with van der Waals surface area (Å²) in [5.41, 5.74) is 7.22. The molecule has 1 rings (SSSR count). The maximum absolute atomic E-state index is 11.9. The Morgan fingerprint density at radius 3 is 2.59 bits per heavy atom. The summed E-state index contributed by atoms with van der Waals surface area (Å²) in [6.45, 7) is 6.34. The first-order valence-electron chi connectivity index (χ1n) is 5.89. The predicted molar refractivity (Wildman–Crippen MR) is 68.4 cm³/mol. The number of aryl methyl sites for hydroxylation is 2. The smallest absolute Gasteiger partial charge is 0.157 e. The fraction of sp³-hybridized carbons (Fsp3) is 0.727. The Morgan fingerprint density at radius 2 is 2.12 bits per heavy atom. The summed E-state index contributed by atoms with van der Waals surface area (Å²) in [6, 6.07) is 1.53. The van der Waals surface area contributed by atoms with Gasteiger partial charge in [0.2, 0.25) is 0 Å². The van der Waals surface area contributed by atoms with Crippen molar-refractivity contribution in [2.45, 2.75) is 45.5 Å². The van der Waals surface area contributed by atoms with Crippen molar-refractivity contribution in [2.75, 3.05) is 5.75 Å². The third-order valence-electron chi connectivity index (χ3n) is 2.46. The third kappa shape index (κ3) is 4.12. The van der Waals surface area contributed by atoms with Crippen molar-refractivity contribution in [3.8, 4) is 0 Å². The van der Waals surface area contributed by atoms with Gasteiger partial charge in [-0.05, 0) is 26.3 Å². The molecule has 2 N–H and O–H groups in total. The lowest BCUT2D eigenvalue weighted by molar-refractivity contribution is 0.580. The van der Waals surface area contributed by atoms with Crippen LogP contribution in [0.4, 0.5) is 0 Å². The van der Waals surface area contributed by atoms with Gasteiger partial charge in [0.25, 0.3) is 0 Å². The monoisotopic (exact) mass is 259 g/mol. The van der Waals surface area contributed by atoms with Crippen LogP contribution in [0.3, 0.4) is 0 Å². The molecule has 0 amide bonds. The van der Waals surface area contributed by atoms with E-state index in [9.17, 15) is 8.42 Å². The van der Waals surface area contributed by atoms with Gasteiger partial charge in [0.15, 0.2) is 9.84 Å². The van der Waals surface area contributed by atoms with E-state index in [2.05, 4.69) is 5.10 Å². The normalized spacial score (nSPS) is 13.9. The molecule has 0 aliphatic rings. The van der Waals surface area contributed by atoms with Crippen LogP contribution in [-0.2, 0) is 28.6 Å². The maximum Gasteiger partial charge on any atom is 0.157 e. The van der Waals surface area contributed by atoms with Crippen LogP contribution < -0.4 is 5.73 Å². The Hall–Kier alpha value is -0.880. The van der Waals surface area contributed by atoms with Crippen molar-refractivity contribution in [1.82, 2.24) is 9.78 Å². The van der Waals surface area contributed by atoms with E-state index in [4.69, 9.17) is 5.73 Å². The van der Waals surface area contributed by atoms with Gasteiger partial charge < -0.3 is 5.73 Å². The molecule has 0 bridgehead atoms. The lowest BCUT2D eigenvalue weighted by Crippen LogP contribution is -2.27. The van der Waals surface area contributed by atoms with Gasteiger partial charge in [0.05, 0.1) is 22.9 Å². The van der Waals surface area contributed by atoms with Crippen molar-refractivity contribution in [1.29, 1.82) is 0 Å². The second kappa shape index (κ2) is 5.64. The molecule has 0 fully saturated rings. The number of hydrogen-bond acceptors (Lipinski definition) is 4. The van der Waals surface area contributed by atoms with Crippen LogP contribution >= 0.6 is 0 Å². The Labute approximate surface area is 103 Å². The molecule has 98 valence electrons. The highest BCUT2D eigenvalue weighted by Crippen LogP contribution is 2.11. The summed E-state index contributed by atoms with van der Waals surface area (Å²) >= 11 is 0. The van der Waals surface area contributed by atoms with E-state index in [0.29, 0.717) is 6.54 Å². The minimum atomic E-state index is -3.15. The van der Waals surface area contributed by atoms with E-state index in [1.54, 1.807) is 11.6 Å². The molecule has 1 atom stereocenters. The molecule has 0 aromatic carbocycles. The molecule has 1 aromatic rings. The molecular weight excluding hydrogens is 238 g/mol. The molecule has 6 heteroatoms. The minimum absolute atomic E-state index is 0.0172. The molecular formula is C11H21N3O2S. The van der Waals surface area contributed by atoms with Crippen molar-refractivity contribution in [3.63, 3.8) is 0 Å². The number of sulfone groups is 1. The zero-order valence-electron chi connectivity index (χ0n) is 10.7. The van der Waals surface area contributed by atoms with Crippen molar-refractivity contribution in [3.05, 3.63) is 17.5 Å². The molecule has 0 spiro atoms. The second-order valence-corrected chi connectivity index (χ2v) is 6.44. The summed E-state index contributed by atoms with van der Waals surface area (Å²) in [7, 11) is -3.15. The van der Waals surface area contributed by atoms with Gasteiger partial charge in [0.1, 0.15) is 0 Å². The minimum Gasteiger partial charge on any atom is -0.327 e. The largest absolute Gasteiger partial charge is 0.327 e. The summed E-state index contributed by atoms with van der Waals surface area (Å²) in [5.74, 6) is 0.0404. The number of nitrogens with two attached hydrogens (primary N) is 1. The van der Waals surface area contributed by atoms with Crippen LogP contribution in [0.15, 0.2) is 6.07 Å². The van der Waals surface area contributed by atoms with Gasteiger partial charge in [-0.1, -0.05) is 6.92 Å². The molecule has 0 aliphatic carbocycles. The molecule has 0 radical (unpaired) electrons. The number of hydrogen-bond donors (Lipinski definition) is 1. The fourth-order valence-electron chi connectivity index (χ4n) is 1.76. The van der Waals surface area contributed by atoms with Gasteiger partial charge in [-0.25, -0.2) is 8.42 Å². The van der Waals surface area contributed by atoms with Crippen LogP contribution in [0.25, 0.3) is 0 Å². The van der Waals surface area contributed by atoms with E-state index in [1.165, 1.54) is 0 Å². The van der Waals surface area contributed by atoms with Gasteiger partial charge in [-0.15, -0.1) is 0 Å². The molecule has 0 aliphatic heterocycles. The fourth-order valence-corrected chi connectivity index (χ4v) is 3.36. The van der Waals surface area contributed by atoms with Gasteiger partial charge in [0, 0.05) is 12.6 Å². The summed E-state index contributed by atoms with van der Waals surface area (Å²) < 4.78 is 25.5. The van der Waals surface area contributed by atoms with Gasteiger partial charge in [-0.2, -0.15) is 5.10 Å². The van der Waals surface area contributed by atoms with Crippen LogP contribution in [0.1, 0.15) is 32.2 Å². The van der Waals surface area contributed by atoms with E-state index in [0.717, 1.165) is 17.8 Å². The molecule has 5 nitrogen and oxygen atoms in total. The first-order valence-corrected chi connectivity index (χ1v) is 7.71. The SMILES string of the molecule is CCc1cc(CS(=O)(=O)CC(C)N)n(CC)n1. The third-order valence-corrected chi connectivity index (χ3v) is 4.23. The number of rotatable bonds is 6. The van der Waals surface area contributed by atoms with E-state index < -0.39 is 9.84 Å². The molecule has 1 aromatic heterocycles. The van der Waals surface area contributed by atoms with Crippen molar-refractivity contribution in [2.24, 2.45) is 5.73 Å². The highest BCUT2D eigenvalue weighted by Gasteiger charge is 2.17. The highest BCUT2D eigenvalue weighted by atomic mass is 32.2. The van der Waals surface area contributed by atoms with Crippen LogP contribution in [-0.4, -0.2) is 30.0 Å². The number of aromatic nitrogens is 2. The predicted octanol–water partition coefficient (Wildman–Crippen LogP) is 0.727. The van der Waals surface area contributed by atoms with Gasteiger partial charge in [-0.3, -0.25) is 4.68 Å². The molecule has 17 heavy (non-hydrogen) atoms. The average molecular weight is 259 g/mol. The van der Waals surface area contributed by atoms with E-state index in [1.807, 2.05) is 19.9 Å².